The van der Waals surface area contributed by atoms with Gasteiger partial charge in [-0.25, -0.2) is 4.68 Å². The number of carbonyl (C=O) groups excluding carboxylic acids is 1. The number of nitrogens with two attached hydrogens (primary N) is 1. The van der Waals surface area contributed by atoms with E-state index in [4.69, 9.17) is 10.5 Å². The van der Waals surface area contributed by atoms with Crippen molar-refractivity contribution in [2.45, 2.75) is 12.8 Å². The van der Waals surface area contributed by atoms with E-state index in [0.29, 0.717) is 25.1 Å². The first-order valence-corrected chi connectivity index (χ1v) is 8.82. The fourth-order valence-electron chi connectivity index (χ4n) is 3.33. The number of ether oxygens (including phenoxy) is 1. The van der Waals surface area contributed by atoms with E-state index in [2.05, 4.69) is 5.10 Å². The average molecular weight is 364 g/mol. The highest BCUT2D eigenvalue weighted by atomic mass is 16.5. The second kappa shape index (κ2) is 7.30. The van der Waals surface area contributed by atoms with Crippen LogP contribution in [0.3, 0.4) is 0 Å². The number of primary amides is 1. The van der Waals surface area contributed by atoms with Gasteiger partial charge in [0.05, 0.1) is 24.4 Å². The molecule has 0 saturated carbocycles. The van der Waals surface area contributed by atoms with Crippen LogP contribution in [-0.4, -0.2) is 46.4 Å². The Bertz CT molecular complexity index is 1030. The van der Waals surface area contributed by atoms with Crippen LogP contribution in [0.15, 0.2) is 59.4 Å². The lowest BCUT2D eigenvalue weighted by atomic mass is 10.1. The Morgan fingerprint density at radius 3 is 2.56 bits per heavy atom. The molecule has 1 aromatic heterocycles. The molecule has 1 amide bonds. The molecule has 2 aromatic carbocycles. The summed E-state index contributed by atoms with van der Waals surface area (Å²) in [4.78, 5) is 26.3. The second-order valence-corrected chi connectivity index (χ2v) is 6.55. The number of nitrogens with zero attached hydrogens (tertiary/aromatic N) is 3. The third-order valence-electron chi connectivity index (χ3n) is 4.72. The number of rotatable bonds is 4. The molecule has 0 radical (unpaired) electrons. The molecule has 1 atom stereocenters. The Hall–Kier alpha value is -3.03. The van der Waals surface area contributed by atoms with Crippen LogP contribution >= 0.6 is 0 Å². The summed E-state index contributed by atoms with van der Waals surface area (Å²) in [6, 6.07) is 17.3. The van der Waals surface area contributed by atoms with Gasteiger partial charge in [0.25, 0.3) is 5.56 Å². The largest absolute Gasteiger partial charge is 0.367 e. The smallest absolute Gasteiger partial charge is 0.275 e. The lowest BCUT2D eigenvalue weighted by molar-refractivity contribution is -0.136. The molecule has 1 saturated heterocycles. The van der Waals surface area contributed by atoms with Gasteiger partial charge < -0.3 is 10.5 Å². The molecule has 7 nitrogen and oxygen atoms in total. The highest BCUT2D eigenvalue weighted by Crippen LogP contribution is 2.24. The van der Waals surface area contributed by atoms with Crippen molar-refractivity contribution >= 4 is 16.7 Å². The van der Waals surface area contributed by atoms with Crippen molar-refractivity contribution in [2.75, 3.05) is 19.7 Å². The van der Waals surface area contributed by atoms with E-state index < -0.39 is 12.0 Å². The SMILES string of the molecule is NC(=O)C1CN(Cn2nc(-c3ccccc3)c3ccccc3c2=O)CCO1. The molecular formula is C20H20N4O3. The molecule has 1 aliphatic heterocycles. The van der Waals surface area contributed by atoms with Gasteiger partial charge in [-0.2, -0.15) is 5.10 Å². The maximum absolute atomic E-state index is 13.0. The maximum atomic E-state index is 13.0. The molecule has 4 rings (SSSR count). The van der Waals surface area contributed by atoms with Crippen LogP contribution in [0.1, 0.15) is 0 Å². The average Bonchev–Trinajstić information content (AvgIpc) is 2.71. The molecule has 2 heterocycles. The van der Waals surface area contributed by atoms with Gasteiger partial charge in [0.1, 0.15) is 6.10 Å². The third kappa shape index (κ3) is 3.47. The molecule has 1 unspecified atom stereocenters. The highest BCUT2D eigenvalue weighted by Gasteiger charge is 2.25. The number of carbonyl (C=O) groups is 1. The van der Waals surface area contributed by atoms with Gasteiger partial charge >= 0.3 is 0 Å². The predicted octanol–water partition coefficient (Wildman–Crippen LogP) is 1.21. The van der Waals surface area contributed by atoms with Crippen LogP contribution < -0.4 is 11.3 Å². The number of hydrogen-bond donors (Lipinski definition) is 1. The minimum absolute atomic E-state index is 0.160. The molecule has 0 aliphatic carbocycles. The molecule has 3 aromatic rings. The molecule has 138 valence electrons. The molecule has 27 heavy (non-hydrogen) atoms. The summed E-state index contributed by atoms with van der Waals surface area (Å²) in [5.74, 6) is -0.497. The molecule has 1 aliphatic rings. The Balaban J connectivity index is 1.76. The molecule has 2 N–H and O–H groups in total. The van der Waals surface area contributed by atoms with Crippen molar-refractivity contribution in [1.29, 1.82) is 0 Å². The molecule has 1 fully saturated rings. The summed E-state index contributed by atoms with van der Waals surface area (Å²) in [7, 11) is 0. The minimum atomic E-state index is -0.663. The second-order valence-electron chi connectivity index (χ2n) is 6.55. The number of fused-ring (bicyclic) bond motifs is 1. The highest BCUT2D eigenvalue weighted by molar-refractivity contribution is 5.93. The number of benzene rings is 2. The van der Waals surface area contributed by atoms with Gasteiger partial charge in [-0.1, -0.05) is 48.5 Å². The molecule has 0 spiro atoms. The summed E-state index contributed by atoms with van der Waals surface area (Å²) in [6.45, 7) is 1.61. The zero-order chi connectivity index (χ0) is 18.8. The van der Waals surface area contributed by atoms with Crippen LogP contribution in [-0.2, 0) is 16.2 Å². The first-order valence-electron chi connectivity index (χ1n) is 8.82. The monoisotopic (exact) mass is 364 g/mol. The first-order chi connectivity index (χ1) is 13.1. The van der Waals surface area contributed by atoms with Crippen molar-refractivity contribution in [3.05, 3.63) is 65.0 Å². The number of amides is 1. The number of hydrogen-bond acceptors (Lipinski definition) is 5. The van der Waals surface area contributed by atoms with Crippen molar-refractivity contribution < 1.29 is 9.53 Å². The standard InChI is InChI=1S/C20H20N4O3/c21-19(25)17-12-23(10-11-27-17)13-24-20(26)16-9-5-4-8-15(16)18(22-24)14-6-2-1-3-7-14/h1-9,17H,10-13H2,(H2,21,25). The summed E-state index contributed by atoms with van der Waals surface area (Å²) in [6.07, 6.45) is -0.663. The molecule has 0 bridgehead atoms. The van der Waals surface area contributed by atoms with Gasteiger partial charge in [0.2, 0.25) is 5.91 Å². The Labute approximate surface area is 156 Å². The van der Waals surface area contributed by atoms with E-state index in [1.807, 2.05) is 59.5 Å². The van der Waals surface area contributed by atoms with E-state index in [0.717, 1.165) is 16.6 Å². The predicted molar refractivity (Wildman–Crippen MR) is 102 cm³/mol. The summed E-state index contributed by atoms with van der Waals surface area (Å²) < 4.78 is 6.83. The van der Waals surface area contributed by atoms with E-state index in [-0.39, 0.29) is 12.2 Å². The van der Waals surface area contributed by atoms with Crippen molar-refractivity contribution in [2.24, 2.45) is 5.73 Å². The normalized spacial score (nSPS) is 17.9. The van der Waals surface area contributed by atoms with Gasteiger partial charge in [0, 0.05) is 24.0 Å². The van der Waals surface area contributed by atoms with Gasteiger partial charge in [-0.15, -0.1) is 0 Å². The maximum Gasteiger partial charge on any atom is 0.275 e. The fraction of sp³-hybridized carbons (Fsp3) is 0.250. The van der Waals surface area contributed by atoms with Crippen molar-refractivity contribution in [3.8, 4) is 11.3 Å². The van der Waals surface area contributed by atoms with E-state index >= 15 is 0 Å². The zero-order valence-electron chi connectivity index (χ0n) is 14.7. The van der Waals surface area contributed by atoms with E-state index in [9.17, 15) is 9.59 Å². The Kier molecular flexibility index (Phi) is 4.70. The number of morpholine rings is 1. The van der Waals surface area contributed by atoms with Crippen LogP contribution in [0.25, 0.3) is 22.0 Å². The van der Waals surface area contributed by atoms with Crippen LogP contribution in [0.5, 0.6) is 0 Å². The third-order valence-corrected chi connectivity index (χ3v) is 4.72. The lowest BCUT2D eigenvalue weighted by Crippen LogP contribution is -2.49. The lowest BCUT2D eigenvalue weighted by Gasteiger charge is -2.31. The Morgan fingerprint density at radius 2 is 1.81 bits per heavy atom. The van der Waals surface area contributed by atoms with Gasteiger partial charge in [0.15, 0.2) is 0 Å². The van der Waals surface area contributed by atoms with Crippen LogP contribution in [0, 0.1) is 0 Å². The fourth-order valence-corrected chi connectivity index (χ4v) is 3.33. The van der Waals surface area contributed by atoms with Crippen molar-refractivity contribution in [1.82, 2.24) is 14.7 Å². The topological polar surface area (TPSA) is 90.5 Å². The summed E-state index contributed by atoms with van der Waals surface area (Å²) in [5, 5.41) is 6.08. The van der Waals surface area contributed by atoms with Gasteiger partial charge in [-0.05, 0) is 6.07 Å². The summed E-state index contributed by atoms with van der Waals surface area (Å²) in [5.41, 5.74) is 6.89. The quantitative estimate of drug-likeness (QED) is 0.751. The summed E-state index contributed by atoms with van der Waals surface area (Å²) >= 11 is 0. The molecular weight excluding hydrogens is 344 g/mol. The van der Waals surface area contributed by atoms with Gasteiger partial charge in [-0.3, -0.25) is 14.5 Å². The van der Waals surface area contributed by atoms with E-state index in [1.54, 1.807) is 0 Å². The minimum Gasteiger partial charge on any atom is -0.367 e. The van der Waals surface area contributed by atoms with Crippen molar-refractivity contribution in [3.63, 3.8) is 0 Å². The zero-order valence-corrected chi connectivity index (χ0v) is 14.7. The van der Waals surface area contributed by atoms with Crippen LogP contribution in [0.2, 0.25) is 0 Å². The van der Waals surface area contributed by atoms with Crippen LogP contribution in [0.4, 0.5) is 0 Å². The first kappa shape index (κ1) is 17.4. The Morgan fingerprint density at radius 1 is 1.11 bits per heavy atom. The molecule has 7 heteroatoms. The van der Waals surface area contributed by atoms with E-state index in [1.165, 1.54) is 4.68 Å². The number of aromatic nitrogens is 2.